The van der Waals surface area contributed by atoms with Gasteiger partial charge < -0.3 is 5.32 Å². The predicted molar refractivity (Wildman–Crippen MR) is 32.0 cm³/mol. The fraction of sp³-hybridized carbons (Fsp3) is 0.667. The van der Waals surface area contributed by atoms with Gasteiger partial charge in [0.1, 0.15) is 6.17 Å². The van der Waals surface area contributed by atoms with Gasteiger partial charge in [-0.05, 0) is 6.54 Å². The molecule has 0 atom stereocenters. The van der Waals surface area contributed by atoms with Crippen molar-refractivity contribution < 1.29 is 4.39 Å². The second kappa shape index (κ2) is 6.45. The summed E-state index contributed by atoms with van der Waals surface area (Å²) < 4.78 is 11.0. The molecule has 0 aromatic carbocycles. The Morgan fingerprint density at radius 3 is 2.88 bits per heavy atom. The third kappa shape index (κ3) is 5.45. The minimum atomic E-state index is 0.602. The maximum absolute atomic E-state index is 11.0. The Bertz CT molecular complexity index is 90.4. The summed E-state index contributed by atoms with van der Waals surface area (Å²) in [7, 11) is 0. The Labute approximate surface area is 49.3 Å². The molecule has 0 heterocycles. The van der Waals surface area contributed by atoms with Gasteiger partial charge in [0, 0.05) is 13.0 Å². The highest BCUT2D eigenvalue weighted by molar-refractivity contribution is 4.90. The van der Waals surface area contributed by atoms with Crippen molar-refractivity contribution in [1.29, 1.82) is 0 Å². The molecule has 0 saturated carbocycles. The molecule has 0 bridgehead atoms. The Morgan fingerprint density at radius 2 is 2.38 bits per heavy atom. The van der Waals surface area contributed by atoms with Crippen molar-refractivity contribution in [2.24, 2.45) is 0 Å². The largest absolute Gasteiger partial charge is 0.316 e. The third-order valence-electron chi connectivity index (χ3n) is 0.744. The number of nitrogens with one attached hydrogen (secondary N) is 1. The van der Waals surface area contributed by atoms with Gasteiger partial charge in [0.2, 0.25) is 0 Å². The van der Waals surface area contributed by atoms with Crippen LogP contribution in [0.1, 0.15) is 13.3 Å². The smallest absolute Gasteiger partial charge is 0.105 e. The topological polar surface area (TPSA) is 12.0 Å². The maximum atomic E-state index is 11.0. The summed E-state index contributed by atoms with van der Waals surface area (Å²) >= 11 is 0. The van der Waals surface area contributed by atoms with Gasteiger partial charge in [0.05, 0.1) is 0 Å². The Kier molecular flexibility index (Phi) is 6.01. The first-order chi connectivity index (χ1) is 3.91. The number of hydrogen-bond donors (Lipinski definition) is 1. The van der Waals surface area contributed by atoms with E-state index in [-0.39, 0.29) is 0 Å². The van der Waals surface area contributed by atoms with Gasteiger partial charge in [-0.25, -0.2) is 0 Å². The van der Waals surface area contributed by atoms with E-state index in [1.54, 1.807) is 0 Å². The molecule has 0 aliphatic rings. The third-order valence-corrected chi connectivity index (χ3v) is 0.744. The van der Waals surface area contributed by atoms with Gasteiger partial charge in [-0.3, -0.25) is 0 Å². The molecule has 0 aliphatic heterocycles. The lowest BCUT2D eigenvalue weighted by Gasteiger charge is -1.91. The van der Waals surface area contributed by atoms with E-state index < -0.39 is 0 Å². The van der Waals surface area contributed by atoms with E-state index in [2.05, 4.69) is 11.2 Å². The second-order valence-corrected chi connectivity index (χ2v) is 1.37. The molecule has 0 aliphatic carbocycles. The van der Waals surface area contributed by atoms with Gasteiger partial charge in [0.25, 0.3) is 0 Å². The van der Waals surface area contributed by atoms with Crippen molar-refractivity contribution in [3.05, 3.63) is 0 Å². The first kappa shape index (κ1) is 7.45. The average molecular weight is 115 g/mol. The van der Waals surface area contributed by atoms with Crippen LogP contribution in [0.2, 0.25) is 0 Å². The molecule has 0 aromatic rings. The molecule has 0 spiro atoms. The molecule has 0 rings (SSSR count). The first-order valence-corrected chi connectivity index (χ1v) is 2.71. The van der Waals surface area contributed by atoms with E-state index in [1.165, 1.54) is 6.17 Å². The average Bonchev–Trinajstić information content (AvgIpc) is 1.81. The lowest BCUT2D eigenvalue weighted by molar-refractivity contribution is 0.726. The van der Waals surface area contributed by atoms with E-state index in [0.717, 1.165) is 13.1 Å². The van der Waals surface area contributed by atoms with Crippen LogP contribution in [0.5, 0.6) is 0 Å². The highest BCUT2D eigenvalue weighted by Crippen LogP contribution is 1.69. The van der Waals surface area contributed by atoms with E-state index in [1.807, 2.05) is 6.92 Å². The van der Waals surface area contributed by atoms with Crippen molar-refractivity contribution in [1.82, 2.24) is 5.32 Å². The molecule has 0 unspecified atom stereocenters. The predicted octanol–water partition coefficient (Wildman–Crippen LogP) is 0.916. The standard InChI is InChI=1S/C6H10FN/c1-2-8-6-4-3-5-7/h8H,2,4,6H2,1H3. The lowest BCUT2D eigenvalue weighted by atomic mass is 10.4. The van der Waals surface area contributed by atoms with Crippen molar-refractivity contribution in [2.45, 2.75) is 13.3 Å². The van der Waals surface area contributed by atoms with Crippen LogP contribution in [0, 0.1) is 12.1 Å². The van der Waals surface area contributed by atoms with Crippen LogP contribution in [0.4, 0.5) is 4.39 Å². The molecule has 0 saturated heterocycles. The highest BCUT2D eigenvalue weighted by Gasteiger charge is 1.75. The van der Waals surface area contributed by atoms with Crippen molar-refractivity contribution in [3.8, 4) is 12.1 Å². The summed E-state index contributed by atoms with van der Waals surface area (Å²) in [6.07, 6.45) is 1.94. The summed E-state index contributed by atoms with van der Waals surface area (Å²) in [4.78, 5) is 0. The van der Waals surface area contributed by atoms with E-state index in [0.29, 0.717) is 6.42 Å². The van der Waals surface area contributed by atoms with E-state index in [4.69, 9.17) is 0 Å². The van der Waals surface area contributed by atoms with Crippen LogP contribution >= 0.6 is 0 Å². The quantitative estimate of drug-likeness (QED) is 0.426. The van der Waals surface area contributed by atoms with Crippen LogP contribution < -0.4 is 5.32 Å². The van der Waals surface area contributed by atoms with Crippen LogP contribution in [0.25, 0.3) is 0 Å². The second-order valence-electron chi connectivity index (χ2n) is 1.37. The normalized spacial score (nSPS) is 7.75. The van der Waals surface area contributed by atoms with Crippen LogP contribution in [0.3, 0.4) is 0 Å². The van der Waals surface area contributed by atoms with Crippen LogP contribution in [-0.2, 0) is 0 Å². The number of hydrogen-bond acceptors (Lipinski definition) is 1. The Morgan fingerprint density at radius 1 is 1.62 bits per heavy atom. The highest BCUT2D eigenvalue weighted by atomic mass is 19.1. The molecule has 2 heteroatoms. The molecule has 0 aromatic heterocycles. The summed E-state index contributed by atoms with van der Waals surface area (Å²) in [5.41, 5.74) is 0. The molecular formula is C6H10FN. The van der Waals surface area contributed by atoms with E-state index >= 15 is 0 Å². The van der Waals surface area contributed by atoms with Crippen molar-refractivity contribution in [2.75, 3.05) is 13.1 Å². The monoisotopic (exact) mass is 115 g/mol. The Hall–Kier alpha value is -0.550. The molecule has 46 valence electrons. The van der Waals surface area contributed by atoms with Crippen molar-refractivity contribution in [3.63, 3.8) is 0 Å². The van der Waals surface area contributed by atoms with Gasteiger partial charge in [0.15, 0.2) is 0 Å². The van der Waals surface area contributed by atoms with Gasteiger partial charge in [-0.1, -0.05) is 12.8 Å². The fourth-order valence-corrected chi connectivity index (χ4v) is 0.375. The molecule has 8 heavy (non-hydrogen) atoms. The van der Waals surface area contributed by atoms with E-state index in [9.17, 15) is 4.39 Å². The summed E-state index contributed by atoms with van der Waals surface area (Å²) in [5.74, 6) is 2.30. The van der Waals surface area contributed by atoms with Gasteiger partial charge in [-0.15, -0.1) is 4.39 Å². The zero-order valence-electron chi connectivity index (χ0n) is 5.00. The molecular weight excluding hydrogens is 105 g/mol. The number of rotatable bonds is 3. The van der Waals surface area contributed by atoms with Crippen molar-refractivity contribution >= 4 is 0 Å². The maximum Gasteiger partial charge on any atom is 0.105 e. The van der Waals surface area contributed by atoms with Gasteiger partial charge in [-0.2, -0.15) is 0 Å². The molecule has 0 radical (unpaired) electrons. The summed E-state index contributed by atoms with van der Waals surface area (Å²) in [5, 5.41) is 3.01. The SMILES string of the molecule is CCNCCC#CF. The summed E-state index contributed by atoms with van der Waals surface area (Å²) in [6, 6.07) is 0. The van der Waals surface area contributed by atoms with Crippen LogP contribution in [-0.4, -0.2) is 13.1 Å². The lowest BCUT2D eigenvalue weighted by Crippen LogP contribution is -2.12. The minimum absolute atomic E-state index is 0.602. The van der Waals surface area contributed by atoms with Crippen LogP contribution in [0.15, 0.2) is 0 Å². The molecule has 0 fully saturated rings. The minimum Gasteiger partial charge on any atom is -0.316 e. The molecule has 1 N–H and O–H groups in total. The summed E-state index contributed by atoms with van der Waals surface area (Å²) in [6.45, 7) is 3.71. The molecule has 1 nitrogen and oxygen atoms in total. The zero-order chi connectivity index (χ0) is 6.24. The van der Waals surface area contributed by atoms with Gasteiger partial charge >= 0.3 is 0 Å². The first-order valence-electron chi connectivity index (χ1n) is 2.71. The molecule has 0 amide bonds. The Balaban J connectivity index is 2.79. The number of halogens is 1. The zero-order valence-corrected chi connectivity index (χ0v) is 5.00. The fourth-order valence-electron chi connectivity index (χ4n) is 0.375.